The third-order valence-electron chi connectivity index (χ3n) is 4.87. The number of alkyl halides is 3. The monoisotopic (exact) mass is 299 g/mol. The van der Waals surface area contributed by atoms with E-state index in [1.165, 1.54) is 12.1 Å². The molecule has 0 radical (unpaired) electrons. The summed E-state index contributed by atoms with van der Waals surface area (Å²) in [6.07, 6.45) is -0.00442. The standard InChI is InChI=1S/C17H24F3N/c1-11(2)12-6-8-13(9-7-12)16(21)14-4-3-5-15(10-14)17(18,19)20/h3-5,10-13,16H,6-9,21H2,1-2H3. The van der Waals surface area contributed by atoms with Crippen molar-refractivity contribution < 1.29 is 13.2 Å². The topological polar surface area (TPSA) is 26.0 Å². The van der Waals surface area contributed by atoms with Crippen LogP contribution in [0.2, 0.25) is 0 Å². The van der Waals surface area contributed by atoms with E-state index in [9.17, 15) is 13.2 Å². The van der Waals surface area contributed by atoms with Crippen LogP contribution in [0.5, 0.6) is 0 Å². The molecular weight excluding hydrogens is 275 g/mol. The van der Waals surface area contributed by atoms with Gasteiger partial charge in [-0.1, -0.05) is 26.0 Å². The van der Waals surface area contributed by atoms with Gasteiger partial charge in [0.25, 0.3) is 0 Å². The van der Waals surface area contributed by atoms with Gasteiger partial charge in [0, 0.05) is 6.04 Å². The van der Waals surface area contributed by atoms with Crippen molar-refractivity contribution in [2.75, 3.05) is 0 Å². The van der Waals surface area contributed by atoms with Crippen LogP contribution in [0.4, 0.5) is 13.2 Å². The molecule has 1 aliphatic carbocycles. The molecule has 0 spiro atoms. The van der Waals surface area contributed by atoms with Crippen molar-refractivity contribution in [1.29, 1.82) is 0 Å². The highest BCUT2D eigenvalue weighted by Gasteiger charge is 2.32. The smallest absolute Gasteiger partial charge is 0.324 e. The van der Waals surface area contributed by atoms with Crippen LogP contribution < -0.4 is 5.73 Å². The molecule has 0 saturated heterocycles. The Balaban J connectivity index is 2.06. The number of benzene rings is 1. The van der Waals surface area contributed by atoms with Gasteiger partial charge in [0.15, 0.2) is 0 Å². The molecule has 2 N–H and O–H groups in total. The van der Waals surface area contributed by atoms with E-state index in [-0.39, 0.29) is 6.04 Å². The van der Waals surface area contributed by atoms with E-state index in [0.29, 0.717) is 17.4 Å². The number of rotatable bonds is 3. The van der Waals surface area contributed by atoms with E-state index in [4.69, 9.17) is 5.73 Å². The van der Waals surface area contributed by atoms with Gasteiger partial charge in [0.05, 0.1) is 5.56 Å². The minimum Gasteiger partial charge on any atom is -0.324 e. The molecule has 118 valence electrons. The normalized spacial score (nSPS) is 25.1. The minimum absolute atomic E-state index is 0.291. The number of halogens is 3. The summed E-state index contributed by atoms with van der Waals surface area (Å²) in [7, 11) is 0. The van der Waals surface area contributed by atoms with Gasteiger partial charge in [-0.3, -0.25) is 0 Å². The SMILES string of the molecule is CC(C)C1CCC(C(N)c2cccc(C(F)(F)F)c2)CC1. The second-order valence-electron chi connectivity index (χ2n) is 6.57. The lowest BCUT2D eigenvalue weighted by Gasteiger charge is -2.34. The third kappa shape index (κ3) is 4.00. The molecule has 0 aromatic heterocycles. The molecule has 1 fully saturated rings. The summed E-state index contributed by atoms with van der Waals surface area (Å²) in [5.74, 6) is 1.70. The van der Waals surface area contributed by atoms with Crippen LogP contribution in [0.1, 0.15) is 56.7 Å². The molecule has 21 heavy (non-hydrogen) atoms. The average molecular weight is 299 g/mol. The van der Waals surface area contributed by atoms with Gasteiger partial charge in [-0.25, -0.2) is 0 Å². The van der Waals surface area contributed by atoms with Gasteiger partial charge in [-0.15, -0.1) is 0 Å². The second kappa shape index (κ2) is 6.39. The fourth-order valence-corrected chi connectivity index (χ4v) is 3.37. The summed E-state index contributed by atoms with van der Waals surface area (Å²) in [4.78, 5) is 0. The quantitative estimate of drug-likeness (QED) is 0.819. The molecule has 1 aliphatic rings. The zero-order chi connectivity index (χ0) is 15.6. The first-order valence-electron chi connectivity index (χ1n) is 7.71. The number of nitrogens with two attached hydrogens (primary N) is 1. The van der Waals surface area contributed by atoms with Crippen molar-refractivity contribution in [3.63, 3.8) is 0 Å². The second-order valence-corrected chi connectivity index (χ2v) is 6.57. The Labute approximate surface area is 124 Å². The Bertz CT molecular complexity index is 459. The Kier molecular flexibility index (Phi) is 4.97. The van der Waals surface area contributed by atoms with Gasteiger partial charge in [0.2, 0.25) is 0 Å². The molecule has 4 heteroatoms. The third-order valence-corrected chi connectivity index (χ3v) is 4.87. The van der Waals surface area contributed by atoms with E-state index in [1.54, 1.807) is 6.07 Å². The Morgan fingerprint density at radius 3 is 2.14 bits per heavy atom. The van der Waals surface area contributed by atoms with Crippen molar-refractivity contribution in [2.45, 2.75) is 51.7 Å². The Morgan fingerprint density at radius 2 is 1.62 bits per heavy atom. The largest absolute Gasteiger partial charge is 0.416 e. The Morgan fingerprint density at radius 1 is 1.05 bits per heavy atom. The number of hydrogen-bond donors (Lipinski definition) is 1. The molecule has 1 saturated carbocycles. The van der Waals surface area contributed by atoms with E-state index >= 15 is 0 Å². The summed E-state index contributed by atoms with van der Waals surface area (Å²) in [5.41, 5.74) is 6.24. The van der Waals surface area contributed by atoms with Crippen molar-refractivity contribution in [3.05, 3.63) is 35.4 Å². The fourth-order valence-electron chi connectivity index (χ4n) is 3.37. The van der Waals surface area contributed by atoms with Crippen LogP contribution in [0.3, 0.4) is 0 Å². The molecule has 0 heterocycles. The van der Waals surface area contributed by atoms with Gasteiger partial charge in [-0.05, 0) is 61.1 Å². The lowest BCUT2D eigenvalue weighted by molar-refractivity contribution is -0.137. The first-order chi connectivity index (χ1) is 9.79. The van der Waals surface area contributed by atoms with Gasteiger partial charge in [0.1, 0.15) is 0 Å². The van der Waals surface area contributed by atoms with Crippen molar-refractivity contribution >= 4 is 0 Å². The van der Waals surface area contributed by atoms with Crippen LogP contribution in [-0.2, 0) is 6.18 Å². The molecule has 2 rings (SSSR count). The van der Waals surface area contributed by atoms with Crippen LogP contribution in [0, 0.1) is 17.8 Å². The molecule has 1 aromatic rings. The first kappa shape index (κ1) is 16.3. The van der Waals surface area contributed by atoms with Gasteiger partial charge >= 0.3 is 6.18 Å². The van der Waals surface area contributed by atoms with E-state index in [2.05, 4.69) is 13.8 Å². The predicted molar refractivity (Wildman–Crippen MR) is 78.7 cm³/mol. The molecule has 1 aromatic carbocycles. The van der Waals surface area contributed by atoms with Crippen molar-refractivity contribution in [3.8, 4) is 0 Å². The molecule has 0 aliphatic heterocycles. The van der Waals surface area contributed by atoms with E-state index < -0.39 is 11.7 Å². The van der Waals surface area contributed by atoms with Crippen LogP contribution in [0.25, 0.3) is 0 Å². The zero-order valence-electron chi connectivity index (χ0n) is 12.7. The van der Waals surface area contributed by atoms with Gasteiger partial charge in [-0.2, -0.15) is 13.2 Å². The highest BCUT2D eigenvalue weighted by atomic mass is 19.4. The molecule has 1 unspecified atom stereocenters. The maximum atomic E-state index is 12.8. The lowest BCUT2D eigenvalue weighted by Crippen LogP contribution is -2.27. The summed E-state index contributed by atoms with van der Waals surface area (Å²) >= 11 is 0. The summed E-state index contributed by atoms with van der Waals surface area (Å²) in [6, 6.07) is 5.19. The summed E-state index contributed by atoms with van der Waals surface area (Å²) in [5, 5.41) is 0. The minimum atomic E-state index is -4.30. The molecule has 1 atom stereocenters. The fraction of sp³-hybridized carbons (Fsp3) is 0.647. The van der Waals surface area contributed by atoms with Crippen LogP contribution in [-0.4, -0.2) is 0 Å². The maximum Gasteiger partial charge on any atom is 0.416 e. The molecule has 0 amide bonds. The van der Waals surface area contributed by atoms with Gasteiger partial charge < -0.3 is 5.73 Å². The lowest BCUT2D eigenvalue weighted by atomic mass is 9.73. The van der Waals surface area contributed by atoms with Crippen molar-refractivity contribution in [1.82, 2.24) is 0 Å². The summed E-state index contributed by atoms with van der Waals surface area (Å²) in [6.45, 7) is 4.47. The number of hydrogen-bond acceptors (Lipinski definition) is 1. The van der Waals surface area contributed by atoms with Crippen LogP contribution >= 0.6 is 0 Å². The highest BCUT2D eigenvalue weighted by molar-refractivity contribution is 5.28. The van der Waals surface area contributed by atoms with Crippen molar-refractivity contribution in [2.24, 2.45) is 23.5 Å². The zero-order valence-corrected chi connectivity index (χ0v) is 12.7. The average Bonchev–Trinajstić information content (AvgIpc) is 2.46. The Hall–Kier alpha value is -1.03. The van der Waals surface area contributed by atoms with Crippen LogP contribution in [0.15, 0.2) is 24.3 Å². The molecule has 1 nitrogen and oxygen atoms in total. The van der Waals surface area contributed by atoms with E-state index in [0.717, 1.165) is 37.7 Å². The highest BCUT2D eigenvalue weighted by Crippen LogP contribution is 2.39. The predicted octanol–water partition coefficient (Wildman–Crippen LogP) is 5.17. The maximum absolute atomic E-state index is 12.8. The first-order valence-corrected chi connectivity index (χ1v) is 7.71. The molecular formula is C17H24F3N. The van der Waals surface area contributed by atoms with E-state index in [1.807, 2.05) is 0 Å². The molecule has 0 bridgehead atoms. The summed E-state index contributed by atoms with van der Waals surface area (Å²) < 4.78 is 38.3.